The van der Waals surface area contributed by atoms with Crippen molar-refractivity contribution in [2.24, 2.45) is 0 Å². The third-order valence-electron chi connectivity index (χ3n) is 3.51. The smallest absolute Gasteiger partial charge is 0.250 e. The summed E-state index contributed by atoms with van der Waals surface area (Å²) >= 11 is 0. The average molecular weight is 263 g/mol. The zero-order valence-electron chi connectivity index (χ0n) is 11.4. The van der Waals surface area contributed by atoms with E-state index in [0.29, 0.717) is 19.4 Å². The largest absolute Gasteiger partial charge is 0.340 e. The number of aryl methyl sites for hydroxylation is 1. The molecule has 0 spiro atoms. The average Bonchev–Trinajstić information content (AvgIpc) is 2.43. The number of pyridine rings is 1. The Morgan fingerprint density at radius 3 is 2.74 bits per heavy atom. The second kappa shape index (κ2) is 6.52. The molecule has 0 unspecified atom stereocenters. The molecule has 0 saturated carbocycles. The number of rotatable bonds is 4. The van der Waals surface area contributed by atoms with Crippen LogP contribution in [-0.2, 0) is 11.3 Å². The third-order valence-corrected chi connectivity index (χ3v) is 3.51. The van der Waals surface area contributed by atoms with E-state index in [1.165, 1.54) is 0 Å². The molecule has 1 aliphatic heterocycles. The molecule has 0 aromatic carbocycles. The fraction of sp³-hybridized carbons (Fsp3) is 0.571. The van der Waals surface area contributed by atoms with E-state index >= 15 is 0 Å². The van der Waals surface area contributed by atoms with Crippen molar-refractivity contribution in [3.8, 4) is 0 Å². The first kappa shape index (κ1) is 13.8. The Bertz CT molecular complexity index is 490. The molecule has 5 heteroatoms. The number of hydrogen-bond acceptors (Lipinski definition) is 3. The van der Waals surface area contributed by atoms with E-state index in [0.717, 1.165) is 31.9 Å². The highest BCUT2D eigenvalue weighted by Crippen LogP contribution is 2.03. The summed E-state index contributed by atoms with van der Waals surface area (Å²) in [6.07, 6.45) is 1.23. The van der Waals surface area contributed by atoms with E-state index in [1.807, 2.05) is 17.9 Å². The summed E-state index contributed by atoms with van der Waals surface area (Å²) in [7, 11) is 0. The molecule has 2 heterocycles. The number of amides is 1. The van der Waals surface area contributed by atoms with E-state index in [-0.39, 0.29) is 11.5 Å². The lowest BCUT2D eigenvalue weighted by Crippen LogP contribution is -2.46. The molecule has 19 heavy (non-hydrogen) atoms. The van der Waals surface area contributed by atoms with Crippen LogP contribution >= 0.6 is 0 Å². The number of piperazine rings is 1. The van der Waals surface area contributed by atoms with Gasteiger partial charge in [0.2, 0.25) is 5.91 Å². The lowest BCUT2D eigenvalue weighted by atomic mass is 10.2. The minimum absolute atomic E-state index is 0.00891. The molecule has 1 amide bonds. The number of nitrogens with one attached hydrogen (secondary N) is 1. The Kier molecular flexibility index (Phi) is 4.74. The highest BCUT2D eigenvalue weighted by Gasteiger charge is 2.15. The number of hydrogen-bond donors (Lipinski definition) is 1. The van der Waals surface area contributed by atoms with E-state index in [2.05, 4.69) is 5.32 Å². The quantitative estimate of drug-likeness (QED) is 0.854. The first-order chi connectivity index (χ1) is 9.18. The maximum atomic E-state index is 12.0. The van der Waals surface area contributed by atoms with Crippen LogP contribution in [0.4, 0.5) is 0 Å². The van der Waals surface area contributed by atoms with Crippen LogP contribution in [0.15, 0.2) is 23.0 Å². The maximum absolute atomic E-state index is 12.0. The Morgan fingerprint density at radius 1 is 1.32 bits per heavy atom. The molecule has 1 fully saturated rings. The highest BCUT2D eigenvalue weighted by molar-refractivity contribution is 5.76. The number of carbonyl (C=O) groups is 1. The fourth-order valence-electron chi connectivity index (χ4n) is 2.37. The molecule has 0 atom stereocenters. The number of carbonyl (C=O) groups excluding carboxylic acids is 1. The zero-order valence-corrected chi connectivity index (χ0v) is 11.4. The minimum Gasteiger partial charge on any atom is -0.340 e. The van der Waals surface area contributed by atoms with E-state index in [1.54, 1.807) is 16.7 Å². The Morgan fingerprint density at radius 2 is 2.05 bits per heavy atom. The monoisotopic (exact) mass is 263 g/mol. The lowest BCUT2D eigenvalue weighted by Gasteiger charge is -2.27. The van der Waals surface area contributed by atoms with Crippen molar-refractivity contribution < 1.29 is 4.79 Å². The van der Waals surface area contributed by atoms with Crippen LogP contribution < -0.4 is 10.9 Å². The first-order valence-corrected chi connectivity index (χ1v) is 6.83. The topological polar surface area (TPSA) is 54.3 Å². The van der Waals surface area contributed by atoms with Gasteiger partial charge in [-0.15, -0.1) is 0 Å². The molecule has 1 aliphatic rings. The molecule has 1 saturated heterocycles. The zero-order chi connectivity index (χ0) is 13.7. The van der Waals surface area contributed by atoms with Crippen molar-refractivity contribution in [3.05, 3.63) is 34.2 Å². The summed E-state index contributed by atoms with van der Waals surface area (Å²) in [6, 6.07) is 5.24. The first-order valence-electron chi connectivity index (χ1n) is 6.83. The molecule has 1 N–H and O–H groups in total. The van der Waals surface area contributed by atoms with E-state index in [9.17, 15) is 9.59 Å². The number of nitrogens with zero attached hydrogens (tertiary/aromatic N) is 2. The van der Waals surface area contributed by atoms with Gasteiger partial charge in [0.15, 0.2) is 0 Å². The summed E-state index contributed by atoms with van der Waals surface area (Å²) in [6.45, 7) is 5.88. The van der Waals surface area contributed by atoms with Crippen molar-refractivity contribution in [2.75, 3.05) is 26.2 Å². The molecule has 1 aromatic rings. The number of aromatic nitrogens is 1. The second-order valence-corrected chi connectivity index (χ2v) is 4.89. The van der Waals surface area contributed by atoms with Crippen LogP contribution in [0, 0.1) is 6.92 Å². The predicted octanol–water partition coefficient (Wildman–Crippen LogP) is 0.369. The van der Waals surface area contributed by atoms with Gasteiger partial charge in [0.25, 0.3) is 5.56 Å². The highest BCUT2D eigenvalue weighted by atomic mass is 16.2. The van der Waals surface area contributed by atoms with Gasteiger partial charge in [-0.2, -0.15) is 0 Å². The minimum atomic E-state index is 0.00891. The van der Waals surface area contributed by atoms with Crippen LogP contribution in [0.1, 0.15) is 18.5 Å². The van der Waals surface area contributed by atoms with Crippen molar-refractivity contribution >= 4 is 5.91 Å². The van der Waals surface area contributed by atoms with Gasteiger partial charge in [-0.25, -0.2) is 0 Å². The Balaban J connectivity index is 1.83. The van der Waals surface area contributed by atoms with Crippen molar-refractivity contribution in [2.45, 2.75) is 26.3 Å². The standard InChI is InChI=1S/C14H21N3O2/c1-12-4-2-5-14(19)17(12)9-3-6-13(18)16-10-7-15-8-11-16/h2,4-5,15H,3,6-11H2,1H3. The molecular weight excluding hydrogens is 242 g/mol. The van der Waals surface area contributed by atoms with Crippen molar-refractivity contribution in [3.63, 3.8) is 0 Å². The maximum Gasteiger partial charge on any atom is 0.250 e. The van der Waals surface area contributed by atoms with Gasteiger partial charge in [-0.1, -0.05) is 6.07 Å². The Hall–Kier alpha value is -1.62. The molecule has 0 aliphatic carbocycles. The van der Waals surface area contributed by atoms with Crippen LogP contribution in [0.5, 0.6) is 0 Å². The van der Waals surface area contributed by atoms with Gasteiger partial charge in [-0.3, -0.25) is 9.59 Å². The van der Waals surface area contributed by atoms with Gasteiger partial charge < -0.3 is 14.8 Å². The normalized spacial score (nSPS) is 15.5. The van der Waals surface area contributed by atoms with Gasteiger partial charge in [0.1, 0.15) is 0 Å². The summed E-state index contributed by atoms with van der Waals surface area (Å²) in [5, 5.41) is 3.23. The lowest BCUT2D eigenvalue weighted by molar-refractivity contribution is -0.131. The van der Waals surface area contributed by atoms with Crippen LogP contribution in [-0.4, -0.2) is 41.6 Å². The fourth-order valence-corrected chi connectivity index (χ4v) is 2.37. The summed E-state index contributed by atoms with van der Waals surface area (Å²) in [4.78, 5) is 25.5. The van der Waals surface area contributed by atoms with Crippen molar-refractivity contribution in [1.29, 1.82) is 0 Å². The van der Waals surface area contributed by atoms with Gasteiger partial charge in [-0.05, 0) is 19.4 Å². The molecule has 104 valence electrons. The SMILES string of the molecule is Cc1cccc(=O)n1CCCC(=O)N1CCNCC1. The molecular formula is C14H21N3O2. The van der Waals surface area contributed by atoms with Crippen molar-refractivity contribution in [1.82, 2.24) is 14.8 Å². The Labute approximate surface area is 113 Å². The van der Waals surface area contributed by atoms with Gasteiger partial charge >= 0.3 is 0 Å². The van der Waals surface area contributed by atoms with Crippen LogP contribution in [0.25, 0.3) is 0 Å². The third kappa shape index (κ3) is 3.67. The molecule has 0 radical (unpaired) electrons. The second-order valence-electron chi connectivity index (χ2n) is 4.89. The van der Waals surface area contributed by atoms with Crippen LogP contribution in [0.3, 0.4) is 0 Å². The summed E-state index contributed by atoms with van der Waals surface area (Å²) in [5.41, 5.74) is 0.955. The van der Waals surface area contributed by atoms with Gasteiger partial charge in [0.05, 0.1) is 0 Å². The van der Waals surface area contributed by atoms with Gasteiger partial charge in [0, 0.05) is 50.9 Å². The summed E-state index contributed by atoms with van der Waals surface area (Å²) in [5.74, 6) is 0.197. The van der Waals surface area contributed by atoms with Crippen LogP contribution in [0.2, 0.25) is 0 Å². The molecule has 5 nitrogen and oxygen atoms in total. The predicted molar refractivity (Wildman–Crippen MR) is 74.1 cm³/mol. The summed E-state index contributed by atoms with van der Waals surface area (Å²) < 4.78 is 1.73. The molecule has 0 bridgehead atoms. The van der Waals surface area contributed by atoms with E-state index < -0.39 is 0 Å². The van der Waals surface area contributed by atoms with E-state index in [4.69, 9.17) is 0 Å². The molecule has 1 aromatic heterocycles. The molecule has 2 rings (SSSR count).